The molecule has 16 heavy (non-hydrogen) atoms. The van der Waals surface area contributed by atoms with E-state index in [-0.39, 0.29) is 23.2 Å². The van der Waals surface area contributed by atoms with Crippen molar-refractivity contribution >= 4 is 11.9 Å². The number of aliphatic carboxylic acids is 1. The summed E-state index contributed by atoms with van der Waals surface area (Å²) in [6, 6.07) is 0. The summed E-state index contributed by atoms with van der Waals surface area (Å²) in [5.74, 6) is -1.13. The van der Waals surface area contributed by atoms with Crippen LogP contribution in [0.5, 0.6) is 0 Å². The first-order valence-corrected chi connectivity index (χ1v) is 5.98. The van der Waals surface area contributed by atoms with Gasteiger partial charge in [-0.25, -0.2) is 0 Å². The number of ether oxygens (including phenoxy) is 1. The zero-order valence-electron chi connectivity index (χ0n) is 9.57. The van der Waals surface area contributed by atoms with Crippen LogP contribution in [-0.4, -0.2) is 23.7 Å². The number of rotatable bonds is 3. The van der Waals surface area contributed by atoms with E-state index < -0.39 is 5.97 Å². The van der Waals surface area contributed by atoms with Crippen molar-refractivity contribution in [1.29, 1.82) is 0 Å². The van der Waals surface area contributed by atoms with E-state index in [1.54, 1.807) is 6.92 Å². The summed E-state index contributed by atoms with van der Waals surface area (Å²) in [6.07, 6.45) is 4.15. The summed E-state index contributed by atoms with van der Waals surface area (Å²) >= 11 is 0. The van der Waals surface area contributed by atoms with Crippen LogP contribution in [0.4, 0.5) is 0 Å². The molecule has 4 nitrogen and oxygen atoms in total. The molecule has 1 N–H and O–H groups in total. The first-order chi connectivity index (χ1) is 7.59. The number of hydrogen-bond acceptors (Lipinski definition) is 3. The Morgan fingerprint density at radius 1 is 1.44 bits per heavy atom. The lowest BCUT2D eigenvalue weighted by molar-refractivity contribution is -0.148. The molecule has 2 rings (SSSR count). The van der Waals surface area contributed by atoms with Crippen LogP contribution in [0.1, 0.15) is 39.0 Å². The van der Waals surface area contributed by atoms with Gasteiger partial charge in [0.1, 0.15) is 0 Å². The van der Waals surface area contributed by atoms with Crippen molar-refractivity contribution < 1.29 is 19.4 Å². The van der Waals surface area contributed by atoms with Crippen molar-refractivity contribution in [2.24, 2.45) is 17.3 Å². The van der Waals surface area contributed by atoms with E-state index in [0.29, 0.717) is 13.0 Å². The monoisotopic (exact) mass is 226 g/mol. The van der Waals surface area contributed by atoms with E-state index in [2.05, 4.69) is 0 Å². The lowest BCUT2D eigenvalue weighted by Crippen LogP contribution is -2.26. The fraction of sp³-hybridized carbons (Fsp3) is 0.833. The summed E-state index contributed by atoms with van der Waals surface area (Å²) in [7, 11) is 0. The highest BCUT2D eigenvalue weighted by atomic mass is 16.5. The van der Waals surface area contributed by atoms with Gasteiger partial charge in [-0.15, -0.1) is 0 Å². The summed E-state index contributed by atoms with van der Waals surface area (Å²) in [4.78, 5) is 22.5. The second-order valence-corrected chi connectivity index (χ2v) is 5.00. The molecule has 0 aliphatic heterocycles. The minimum atomic E-state index is -0.714. The van der Waals surface area contributed by atoms with Gasteiger partial charge in [0, 0.05) is 0 Å². The normalized spacial score (nSPS) is 37.1. The highest BCUT2D eigenvalue weighted by molar-refractivity contribution is 5.77. The van der Waals surface area contributed by atoms with Gasteiger partial charge in [-0.2, -0.15) is 0 Å². The van der Waals surface area contributed by atoms with Crippen molar-refractivity contribution in [2.45, 2.75) is 39.0 Å². The van der Waals surface area contributed by atoms with Crippen LogP contribution < -0.4 is 0 Å². The highest BCUT2D eigenvalue weighted by Crippen LogP contribution is 2.62. The van der Waals surface area contributed by atoms with E-state index in [1.807, 2.05) is 0 Å². The maximum atomic E-state index is 11.6. The summed E-state index contributed by atoms with van der Waals surface area (Å²) in [5, 5.41) is 9.01. The summed E-state index contributed by atoms with van der Waals surface area (Å²) in [5.41, 5.74) is -0.0342. The minimum absolute atomic E-state index is 0.0328. The van der Waals surface area contributed by atoms with Crippen LogP contribution in [0.2, 0.25) is 0 Å². The number of carbonyl (C=O) groups is 2. The molecular weight excluding hydrogens is 208 g/mol. The SMILES string of the molecule is CCOC(=O)C1CC12CCCC(C(=O)O)C2. The molecule has 0 amide bonds. The summed E-state index contributed by atoms with van der Waals surface area (Å²) in [6.45, 7) is 2.21. The molecule has 3 atom stereocenters. The van der Waals surface area contributed by atoms with E-state index >= 15 is 0 Å². The average molecular weight is 226 g/mol. The Hall–Kier alpha value is -1.06. The molecule has 0 aromatic carbocycles. The van der Waals surface area contributed by atoms with Gasteiger partial charge in [-0.05, 0) is 38.0 Å². The zero-order chi connectivity index (χ0) is 11.8. The molecule has 90 valence electrons. The summed E-state index contributed by atoms with van der Waals surface area (Å²) < 4.78 is 5.00. The molecule has 2 saturated carbocycles. The van der Waals surface area contributed by atoms with E-state index in [4.69, 9.17) is 9.84 Å². The topological polar surface area (TPSA) is 63.6 Å². The highest BCUT2D eigenvalue weighted by Gasteiger charge is 2.60. The maximum absolute atomic E-state index is 11.6. The Morgan fingerprint density at radius 2 is 2.19 bits per heavy atom. The van der Waals surface area contributed by atoms with Crippen molar-refractivity contribution in [3.8, 4) is 0 Å². The maximum Gasteiger partial charge on any atom is 0.309 e. The van der Waals surface area contributed by atoms with Crippen LogP contribution in [0, 0.1) is 17.3 Å². The molecule has 4 heteroatoms. The van der Waals surface area contributed by atoms with Gasteiger partial charge in [0.15, 0.2) is 0 Å². The Balaban J connectivity index is 1.96. The number of carboxylic acids is 1. The van der Waals surface area contributed by atoms with Crippen LogP contribution in [0.15, 0.2) is 0 Å². The standard InChI is InChI=1S/C12H18O4/c1-2-16-11(15)9-7-12(9)5-3-4-8(6-12)10(13)14/h8-9H,2-7H2,1H3,(H,13,14). The van der Waals surface area contributed by atoms with Crippen LogP contribution in [-0.2, 0) is 14.3 Å². The molecule has 3 unspecified atom stereocenters. The van der Waals surface area contributed by atoms with Gasteiger partial charge in [0.05, 0.1) is 18.4 Å². The first kappa shape index (κ1) is 11.4. The Kier molecular flexibility index (Phi) is 2.91. The van der Waals surface area contributed by atoms with Gasteiger partial charge in [-0.1, -0.05) is 6.42 Å². The first-order valence-electron chi connectivity index (χ1n) is 5.98. The molecule has 0 aromatic rings. The van der Waals surface area contributed by atoms with E-state index in [1.165, 1.54) is 0 Å². The van der Waals surface area contributed by atoms with Gasteiger partial charge < -0.3 is 9.84 Å². The van der Waals surface area contributed by atoms with Crippen molar-refractivity contribution in [3.05, 3.63) is 0 Å². The lowest BCUT2D eigenvalue weighted by atomic mass is 9.77. The molecule has 2 aliphatic rings. The van der Waals surface area contributed by atoms with Crippen molar-refractivity contribution in [3.63, 3.8) is 0 Å². The number of carbonyl (C=O) groups excluding carboxylic acids is 1. The van der Waals surface area contributed by atoms with Crippen LogP contribution in [0.3, 0.4) is 0 Å². The minimum Gasteiger partial charge on any atom is -0.481 e. The van der Waals surface area contributed by atoms with Gasteiger partial charge >= 0.3 is 11.9 Å². The number of carboxylic acid groups (broad SMARTS) is 1. The third-order valence-electron chi connectivity index (χ3n) is 3.99. The smallest absolute Gasteiger partial charge is 0.309 e. The predicted octanol–water partition coefficient (Wildman–Crippen LogP) is 1.83. The fourth-order valence-corrected chi connectivity index (χ4v) is 3.03. The van der Waals surface area contributed by atoms with Crippen molar-refractivity contribution in [2.75, 3.05) is 6.61 Å². The van der Waals surface area contributed by atoms with Gasteiger partial charge in [0.2, 0.25) is 0 Å². The number of hydrogen-bond donors (Lipinski definition) is 1. The molecule has 2 aliphatic carbocycles. The number of esters is 1. The Bertz CT molecular complexity index is 312. The second kappa shape index (κ2) is 4.07. The average Bonchev–Trinajstić information content (AvgIpc) is 2.92. The molecule has 0 saturated heterocycles. The molecule has 0 aromatic heterocycles. The molecule has 0 heterocycles. The van der Waals surface area contributed by atoms with E-state index in [0.717, 1.165) is 25.7 Å². The Morgan fingerprint density at radius 3 is 2.81 bits per heavy atom. The molecule has 2 fully saturated rings. The molecule has 0 radical (unpaired) electrons. The van der Waals surface area contributed by atoms with Gasteiger partial charge in [0.25, 0.3) is 0 Å². The largest absolute Gasteiger partial charge is 0.481 e. The fourth-order valence-electron chi connectivity index (χ4n) is 3.03. The quantitative estimate of drug-likeness (QED) is 0.746. The Labute approximate surface area is 95.0 Å². The zero-order valence-corrected chi connectivity index (χ0v) is 9.57. The van der Waals surface area contributed by atoms with Crippen LogP contribution >= 0.6 is 0 Å². The molecule has 1 spiro atoms. The lowest BCUT2D eigenvalue weighted by Gasteiger charge is -2.27. The van der Waals surface area contributed by atoms with Crippen molar-refractivity contribution in [1.82, 2.24) is 0 Å². The predicted molar refractivity (Wildman–Crippen MR) is 56.8 cm³/mol. The third kappa shape index (κ3) is 1.93. The second-order valence-electron chi connectivity index (χ2n) is 5.00. The van der Waals surface area contributed by atoms with E-state index in [9.17, 15) is 9.59 Å². The third-order valence-corrected chi connectivity index (χ3v) is 3.99. The molecule has 0 bridgehead atoms. The molecular formula is C12H18O4. The van der Waals surface area contributed by atoms with Crippen LogP contribution in [0.25, 0.3) is 0 Å². The van der Waals surface area contributed by atoms with Gasteiger partial charge in [-0.3, -0.25) is 9.59 Å².